The van der Waals surface area contributed by atoms with E-state index < -0.39 is 0 Å². The van der Waals surface area contributed by atoms with Gasteiger partial charge < -0.3 is 0 Å². The van der Waals surface area contributed by atoms with Crippen molar-refractivity contribution in [2.45, 2.75) is 54.8 Å². The Morgan fingerprint density at radius 3 is 1.11 bits per heavy atom. The largest absolute Gasteiger partial charge is 0.269 e. The first-order valence-electron chi connectivity index (χ1n) is 12.4. The van der Waals surface area contributed by atoms with E-state index in [9.17, 15) is 30.3 Å². The molecule has 4 saturated carbocycles. The van der Waals surface area contributed by atoms with Crippen LogP contribution in [0.15, 0.2) is 72.8 Å². The first-order chi connectivity index (χ1) is 17.6. The number of nitrogens with zero attached hydrogens (tertiary/aromatic N) is 3. The maximum Gasteiger partial charge on any atom is 0.269 e. The number of hydrogen-bond donors (Lipinski definition) is 0. The fourth-order valence-electron chi connectivity index (χ4n) is 8.25. The number of rotatable bonds is 6. The Morgan fingerprint density at radius 1 is 0.541 bits per heavy atom. The highest BCUT2D eigenvalue weighted by atomic mass is 16.6. The lowest BCUT2D eigenvalue weighted by Crippen LogP contribution is -2.62. The number of hydrogen-bond acceptors (Lipinski definition) is 6. The molecular formula is C28H25N3O6. The van der Waals surface area contributed by atoms with Gasteiger partial charge in [0.05, 0.1) is 14.8 Å². The predicted octanol–water partition coefficient (Wildman–Crippen LogP) is 6.52. The van der Waals surface area contributed by atoms with E-state index in [1.807, 2.05) is 18.2 Å². The first-order valence-corrected chi connectivity index (χ1v) is 12.4. The van der Waals surface area contributed by atoms with E-state index >= 15 is 0 Å². The van der Waals surface area contributed by atoms with Crippen molar-refractivity contribution in [1.82, 2.24) is 0 Å². The van der Waals surface area contributed by atoms with Crippen molar-refractivity contribution in [1.29, 1.82) is 0 Å². The zero-order valence-corrected chi connectivity index (χ0v) is 20.0. The van der Waals surface area contributed by atoms with Gasteiger partial charge in [0, 0.05) is 36.4 Å². The smallest absolute Gasteiger partial charge is 0.258 e. The highest BCUT2D eigenvalue weighted by molar-refractivity contribution is 5.49. The third kappa shape index (κ3) is 3.60. The molecule has 4 aliphatic carbocycles. The fourth-order valence-corrected chi connectivity index (χ4v) is 8.25. The quantitative estimate of drug-likeness (QED) is 0.280. The summed E-state index contributed by atoms with van der Waals surface area (Å²) >= 11 is 0. The number of benzene rings is 3. The Kier molecular flexibility index (Phi) is 4.99. The molecule has 188 valence electrons. The van der Waals surface area contributed by atoms with Gasteiger partial charge in [-0.1, -0.05) is 36.4 Å². The second-order valence-electron chi connectivity index (χ2n) is 11.3. The van der Waals surface area contributed by atoms with Crippen LogP contribution in [-0.2, 0) is 16.2 Å². The van der Waals surface area contributed by atoms with Gasteiger partial charge in [0.1, 0.15) is 0 Å². The van der Waals surface area contributed by atoms with E-state index in [0.717, 1.165) is 55.2 Å². The molecule has 3 aromatic carbocycles. The Hall–Kier alpha value is -4.14. The molecule has 4 bridgehead atoms. The molecule has 0 heterocycles. The van der Waals surface area contributed by atoms with Gasteiger partial charge in [0.25, 0.3) is 17.1 Å². The van der Waals surface area contributed by atoms with Crippen molar-refractivity contribution in [2.24, 2.45) is 5.92 Å². The lowest BCUT2D eigenvalue weighted by molar-refractivity contribution is -0.385. The Morgan fingerprint density at radius 2 is 0.838 bits per heavy atom. The van der Waals surface area contributed by atoms with Gasteiger partial charge in [0.2, 0.25) is 0 Å². The molecular weight excluding hydrogens is 474 g/mol. The summed E-state index contributed by atoms with van der Waals surface area (Å²) in [5.41, 5.74) is 1.74. The van der Waals surface area contributed by atoms with E-state index in [0.29, 0.717) is 0 Å². The number of nitro groups is 3. The molecule has 0 unspecified atom stereocenters. The van der Waals surface area contributed by atoms with Gasteiger partial charge in [-0.25, -0.2) is 0 Å². The molecule has 9 heteroatoms. The second-order valence-corrected chi connectivity index (χ2v) is 11.3. The minimum absolute atomic E-state index is 0.0436. The maximum atomic E-state index is 11.6. The summed E-state index contributed by atoms with van der Waals surface area (Å²) in [6, 6.07) is 20.6. The zero-order valence-electron chi connectivity index (χ0n) is 20.0. The topological polar surface area (TPSA) is 129 Å². The van der Waals surface area contributed by atoms with Crippen LogP contribution in [0.1, 0.15) is 55.2 Å². The zero-order chi connectivity index (χ0) is 26.0. The SMILES string of the molecule is O=[N+]([O-])c1cccc(C23CC4CC(c5cccc([N+](=O)[O-])c5)(C2)CC(c2cccc([N+](=O)[O-])c2)(C4)C3)c1. The number of non-ortho nitro benzene ring substituents is 3. The molecule has 0 N–H and O–H groups in total. The monoisotopic (exact) mass is 499 g/mol. The summed E-state index contributed by atoms with van der Waals surface area (Å²) in [7, 11) is 0. The number of nitro benzene ring substituents is 3. The van der Waals surface area contributed by atoms with Gasteiger partial charge in [-0.2, -0.15) is 0 Å². The molecule has 37 heavy (non-hydrogen) atoms. The average Bonchev–Trinajstić information content (AvgIpc) is 2.88. The normalized spacial score (nSPS) is 29.7. The van der Waals surface area contributed by atoms with Crippen molar-refractivity contribution in [3.05, 3.63) is 120 Å². The lowest BCUT2D eigenvalue weighted by atomic mass is 9.36. The highest BCUT2D eigenvalue weighted by Gasteiger charge is 2.64. The summed E-state index contributed by atoms with van der Waals surface area (Å²) < 4.78 is 0. The van der Waals surface area contributed by atoms with E-state index in [2.05, 4.69) is 0 Å². The van der Waals surface area contributed by atoms with E-state index in [-0.39, 0.29) is 54.0 Å². The molecule has 0 spiro atoms. The van der Waals surface area contributed by atoms with Crippen LogP contribution in [0, 0.1) is 36.3 Å². The molecule has 0 radical (unpaired) electrons. The molecule has 4 fully saturated rings. The van der Waals surface area contributed by atoms with E-state index in [1.54, 1.807) is 36.4 Å². The van der Waals surface area contributed by atoms with E-state index in [4.69, 9.17) is 0 Å². The van der Waals surface area contributed by atoms with Gasteiger partial charge in [0.15, 0.2) is 0 Å². The Balaban J connectivity index is 1.56. The average molecular weight is 500 g/mol. The molecule has 0 saturated heterocycles. The molecule has 7 rings (SSSR count). The minimum Gasteiger partial charge on any atom is -0.258 e. The lowest BCUT2D eigenvalue weighted by Gasteiger charge is -2.67. The van der Waals surface area contributed by atoms with Crippen molar-refractivity contribution in [3.8, 4) is 0 Å². The molecule has 9 nitrogen and oxygen atoms in total. The highest BCUT2D eigenvalue weighted by Crippen LogP contribution is 2.71. The van der Waals surface area contributed by atoms with Gasteiger partial charge in [-0.15, -0.1) is 0 Å². The summed E-state index contributed by atoms with van der Waals surface area (Å²) in [5, 5.41) is 34.9. The standard InChI is InChI=1S/C28H25N3O6/c32-29(33)23-7-1-4-20(10-23)26-13-19-14-27(16-26,21-5-2-8-24(11-21)30(34)35)18-28(15-19,17-26)22-6-3-9-25(12-22)31(36)37/h1-12,19H,13-18H2. The summed E-state index contributed by atoms with van der Waals surface area (Å²) in [4.78, 5) is 33.8. The fraction of sp³-hybridized carbons (Fsp3) is 0.357. The Bertz CT molecular complexity index is 1290. The predicted molar refractivity (Wildman–Crippen MR) is 136 cm³/mol. The minimum atomic E-state index is -0.378. The molecule has 0 aliphatic heterocycles. The molecule has 4 aliphatic rings. The van der Waals surface area contributed by atoms with E-state index in [1.165, 1.54) is 18.2 Å². The van der Waals surface area contributed by atoms with Crippen LogP contribution < -0.4 is 0 Å². The van der Waals surface area contributed by atoms with Crippen molar-refractivity contribution < 1.29 is 14.8 Å². The van der Waals surface area contributed by atoms with Gasteiger partial charge in [-0.3, -0.25) is 30.3 Å². The molecule has 0 aromatic heterocycles. The molecule has 0 atom stereocenters. The maximum absolute atomic E-state index is 11.6. The third-order valence-corrected chi connectivity index (χ3v) is 9.08. The van der Waals surface area contributed by atoms with Crippen LogP contribution in [0.5, 0.6) is 0 Å². The van der Waals surface area contributed by atoms with Crippen LogP contribution in [0.4, 0.5) is 17.1 Å². The van der Waals surface area contributed by atoms with Crippen molar-refractivity contribution >= 4 is 17.1 Å². The molecule has 3 aromatic rings. The molecule has 0 amide bonds. The van der Waals surface area contributed by atoms with Gasteiger partial charge in [-0.05, 0) is 77.4 Å². The van der Waals surface area contributed by atoms with Crippen LogP contribution in [0.2, 0.25) is 0 Å². The summed E-state index contributed by atoms with van der Waals surface area (Å²) in [6.45, 7) is 0. The Labute approximate surface area is 212 Å². The summed E-state index contributed by atoms with van der Waals surface area (Å²) in [6.07, 6.45) is 4.82. The van der Waals surface area contributed by atoms with Crippen LogP contribution in [-0.4, -0.2) is 14.8 Å². The summed E-state index contributed by atoms with van der Waals surface area (Å²) in [5.74, 6) is 0.286. The van der Waals surface area contributed by atoms with Crippen LogP contribution >= 0.6 is 0 Å². The first kappa shape index (κ1) is 23.3. The van der Waals surface area contributed by atoms with Gasteiger partial charge >= 0.3 is 0 Å². The van der Waals surface area contributed by atoms with Crippen LogP contribution in [0.3, 0.4) is 0 Å². The van der Waals surface area contributed by atoms with Crippen molar-refractivity contribution in [3.63, 3.8) is 0 Å². The third-order valence-electron chi connectivity index (χ3n) is 9.08. The van der Waals surface area contributed by atoms with Crippen molar-refractivity contribution in [2.75, 3.05) is 0 Å². The second kappa shape index (κ2) is 7.93. The van der Waals surface area contributed by atoms with Crippen LogP contribution in [0.25, 0.3) is 0 Å².